The topological polar surface area (TPSA) is 77.9 Å². The SMILES string of the molecule is Cc1nc(C)c([C@H](OC(C)(C)C)C(=O)O)c(-c2ccc3c(c2)CCCO3)c1-c1ccc(OCCc2ccc(F)cc2F)cc1. The zero-order valence-electron chi connectivity index (χ0n) is 25.7. The van der Waals surface area contributed by atoms with E-state index in [4.69, 9.17) is 19.2 Å². The van der Waals surface area contributed by atoms with E-state index in [1.54, 1.807) is 0 Å². The van der Waals surface area contributed by atoms with Crippen molar-refractivity contribution in [3.63, 3.8) is 0 Å². The minimum absolute atomic E-state index is 0.212. The summed E-state index contributed by atoms with van der Waals surface area (Å²) in [5, 5.41) is 10.4. The molecule has 0 fully saturated rings. The lowest BCUT2D eigenvalue weighted by Crippen LogP contribution is -2.28. The fourth-order valence-corrected chi connectivity index (χ4v) is 5.66. The van der Waals surface area contributed by atoms with Crippen LogP contribution in [-0.2, 0) is 22.4 Å². The molecule has 8 heteroatoms. The van der Waals surface area contributed by atoms with Crippen LogP contribution in [-0.4, -0.2) is 34.9 Å². The molecule has 0 spiro atoms. The third kappa shape index (κ3) is 6.91. The second-order valence-corrected chi connectivity index (χ2v) is 12.0. The highest BCUT2D eigenvalue weighted by molar-refractivity contribution is 5.91. The quantitative estimate of drug-likeness (QED) is 0.208. The summed E-state index contributed by atoms with van der Waals surface area (Å²) in [6.07, 6.45) is 0.809. The maximum Gasteiger partial charge on any atom is 0.337 e. The van der Waals surface area contributed by atoms with Crippen molar-refractivity contribution in [2.75, 3.05) is 13.2 Å². The van der Waals surface area contributed by atoms with E-state index in [-0.39, 0.29) is 13.0 Å². The van der Waals surface area contributed by atoms with Gasteiger partial charge in [0.1, 0.15) is 23.1 Å². The first-order valence-corrected chi connectivity index (χ1v) is 14.8. The largest absolute Gasteiger partial charge is 0.493 e. The molecule has 0 radical (unpaired) electrons. The summed E-state index contributed by atoms with van der Waals surface area (Å²) in [7, 11) is 0. The molecule has 2 heterocycles. The molecule has 5 rings (SSSR count). The number of aryl methyl sites for hydroxylation is 3. The standard InChI is InChI=1S/C36H37F2NO5/c1-21-31(24-9-13-28(14-10-24)42-18-16-23-8-12-27(37)20-29(23)38)33(26-11-15-30-25(19-26)7-6-17-43-30)32(22(2)39-21)34(35(40)41)44-36(3,4)5/h8-15,19-20,34H,6-7,16-18H2,1-5H3,(H,40,41)/t34-/m0/s1. The van der Waals surface area contributed by atoms with Crippen LogP contribution in [0.15, 0.2) is 60.7 Å². The van der Waals surface area contributed by atoms with Crippen molar-refractivity contribution >= 4 is 5.97 Å². The lowest BCUT2D eigenvalue weighted by atomic mass is 9.85. The average Bonchev–Trinajstić information content (AvgIpc) is 2.96. The summed E-state index contributed by atoms with van der Waals surface area (Å²) >= 11 is 0. The van der Waals surface area contributed by atoms with E-state index in [9.17, 15) is 18.7 Å². The van der Waals surface area contributed by atoms with Crippen molar-refractivity contribution in [1.29, 1.82) is 0 Å². The Morgan fingerprint density at radius 2 is 1.70 bits per heavy atom. The predicted octanol–water partition coefficient (Wildman–Crippen LogP) is 8.20. The molecule has 44 heavy (non-hydrogen) atoms. The summed E-state index contributed by atoms with van der Waals surface area (Å²) in [5.41, 5.74) is 5.80. The van der Waals surface area contributed by atoms with Crippen molar-refractivity contribution < 1.29 is 32.9 Å². The number of ether oxygens (including phenoxy) is 3. The number of nitrogens with zero attached hydrogens (tertiary/aromatic N) is 1. The van der Waals surface area contributed by atoms with Crippen LogP contribution in [0.1, 0.15) is 61.4 Å². The Bertz CT molecular complexity index is 1680. The average molecular weight is 602 g/mol. The first-order valence-electron chi connectivity index (χ1n) is 14.8. The lowest BCUT2D eigenvalue weighted by Gasteiger charge is -2.29. The van der Waals surface area contributed by atoms with Gasteiger partial charge in [-0.05, 0) is 106 Å². The van der Waals surface area contributed by atoms with Gasteiger partial charge >= 0.3 is 5.97 Å². The number of carboxylic acid groups (broad SMARTS) is 1. The molecule has 0 bridgehead atoms. The minimum Gasteiger partial charge on any atom is -0.493 e. The van der Waals surface area contributed by atoms with Crippen LogP contribution >= 0.6 is 0 Å². The second-order valence-electron chi connectivity index (χ2n) is 12.0. The maximum atomic E-state index is 14.0. The van der Waals surface area contributed by atoms with Crippen LogP contribution in [0.2, 0.25) is 0 Å². The number of aliphatic carboxylic acids is 1. The highest BCUT2D eigenvalue weighted by atomic mass is 19.1. The van der Waals surface area contributed by atoms with Gasteiger partial charge in [0.25, 0.3) is 0 Å². The maximum absolute atomic E-state index is 14.0. The number of pyridine rings is 1. The van der Waals surface area contributed by atoms with Crippen LogP contribution in [0, 0.1) is 25.5 Å². The van der Waals surface area contributed by atoms with E-state index >= 15 is 0 Å². The number of rotatable bonds is 9. The van der Waals surface area contributed by atoms with Gasteiger partial charge in [0.05, 0.1) is 18.8 Å². The van der Waals surface area contributed by atoms with Crippen molar-refractivity contribution in [3.8, 4) is 33.8 Å². The molecule has 1 aromatic heterocycles. The monoisotopic (exact) mass is 601 g/mol. The molecule has 0 saturated heterocycles. The smallest absolute Gasteiger partial charge is 0.337 e. The molecule has 3 aromatic carbocycles. The van der Waals surface area contributed by atoms with Gasteiger partial charge in [-0.15, -0.1) is 0 Å². The summed E-state index contributed by atoms with van der Waals surface area (Å²) in [6, 6.07) is 17.0. The predicted molar refractivity (Wildman–Crippen MR) is 165 cm³/mol. The van der Waals surface area contributed by atoms with E-state index in [0.717, 1.165) is 58.2 Å². The molecule has 0 unspecified atom stereocenters. The van der Waals surface area contributed by atoms with Gasteiger partial charge in [0.2, 0.25) is 0 Å². The van der Waals surface area contributed by atoms with Gasteiger partial charge in [0.15, 0.2) is 6.10 Å². The molecule has 0 aliphatic carbocycles. The first-order chi connectivity index (χ1) is 20.9. The van der Waals surface area contributed by atoms with Gasteiger partial charge in [0, 0.05) is 35.0 Å². The van der Waals surface area contributed by atoms with Crippen molar-refractivity contribution in [3.05, 3.63) is 100 Å². The Morgan fingerprint density at radius 1 is 0.977 bits per heavy atom. The van der Waals surface area contributed by atoms with Gasteiger partial charge in [-0.1, -0.05) is 24.3 Å². The summed E-state index contributed by atoms with van der Waals surface area (Å²) in [4.78, 5) is 17.5. The number of carboxylic acids is 1. The number of aromatic nitrogens is 1. The minimum atomic E-state index is -1.25. The molecule has 6 nitrogen and oxygen atoms in total. The summed E-state index contributed by atoms with van der Waals surface area (Å²) in [6.45, 7) is 10.1. The van der Waals surface area contributed by atoms with E-state index < -0.39 is 29.3 Å². The van der Waals surface area contributed by atoms with Crippen molar-refractivity contribution in [2.45, 2.75) is 65.6 Å². The zero-order valence-corrected chi connectivity index (χ0v) is 25.7. The molecule has 1 N–H and O–H groups in total. The van der Waals surface area contributed by atoms with Crippen LogP contribution in [0.5, 0.6) is 11.5 Å². The van der Waals surface area contributed by atoms with Crippen molar-refractivity contribution in [1.82, 2.24) is 4.98 Å². The Balaban J connectivity index is 1.57. The Labute approximate surface area is 256 Å². The first kappa shape index (κ1) is 31.1. The Kier molecular flexibility index (Phi) is 9.02. The normalized spacial score (nSPS) is 13.6. The van der Waals surface area contributed by atoms with E-state index in [1.807, 2.05) is 71.0 Å². The van der Waals surface area contributed by atoms with E-state index in [1.165, 1.54) is 12.1 Å². The van der Waals surface area contributed by atoms with Gasteiger partial charge in [-0.25, -0.2) is 13.6 Å². The molecule has 1 aliphatic heterocycles. The Hall–Kier alpha value is -4.30. The summed E-state index contributed by atoms with van der Waals surface area (Å²) in [5.74, 6) is -0.883. The van der Waals surface area contributed by atoms with Gasteiger partial charge in [-0.2, -0.15) is 0 Å². The van der Waals surface area contributed by atoms with E-state index in [2.05, 4.69) is 6.07 Å². The second kappa shape index (κ2) is 12.7. The summed E-state index contributed by atoms with van der Waals surface area (Å²) < 4.78 is 45.2. The van der Waals surface area contributed by atoms with Crippen LogP contribution in [0.4, 0.5) is 8.78 Å². The molecule has 1 atom stereocenters. The molecular weight excluding hydrogens is 564 g/mol. The molecule has 0 amide bonds. The fraction of sp³-hybridized carbons (Fsp3) is 0.333. The lowest BCUT2D eigenvalue weighted by molar-refractivity contribution is -0.160. The molecule has 230 valence electrons. The number of carbonyl (C=O) groups is 1. The number of halogens is 2. The number of benzene rings is 3. The molecular formula is C36H37F2NO5. The Morgan fingerprint density at radius 3 is 2.39 bits per heavy atom. The van der Waals surface area contributed by atoms with E-state index in [0.29, 0.717) is 29.2 Å². The molecule has 1 aliphatic rings. The van der Waals surface area contributed by atoms with Gasteiger partial charge in [-0.3, -0.25) is 4.98 Å². The highest BCUT2D eigenvalue weighted by Crippen LogP contribution is 2.44. The van der Waals surface area contributed by atoms with Crippen molar-refractivity contribution in [2.24, 2.45) is 0 Å². The molecule has 0 saturated carbocycles. The number of hydrogen-bond acceptors (Lipinski definition) is 5. The fourth-order valence-electron chi connectivity index (χ4n) is 5.66. The van der Waals surface area contributed by atoms with Crippen LogP contribution < -0.4 is 9.47 Å². The third-order valence-corrected chi connectivity index (χ3v) is 7.56. The van der Waals surface area contributed by atoms with Crippen LogP contribution in [0.25, 0.3) is 22.3 Å². The third-order valence-electron chi connectivity index (χ3n) is 7.56. The van der Waals surface area contributed by atoms with Gasteiger partial charge < -0.3 is 19.3 Å². The zero-order chi connectivity index (χ0) is 31.6. The molecule has 4 aromatic rings. The number of hydrogen-bond donors (Lipinski definition) is 1. The highest BCUT2D eigenvalue weighted by Gasteiger charge is 2.33. The number of fused-ring (bicyclic) bond motifs is 1. The van der Waals surface area contributed by atoms with Crippen LogP contribution in [0.3, 0.4) is 0 Å².